The molecule has 6 aromatic carbocycles. The molecule has 0 unspecified atom stereocenters. The van der Waals surface area contributed by atoms with Crippen LogP contribution in [0.25, 0.3) is 93.5 Å². The molecule has 0 fully saturated rings. The van der Waals surface area contributed by atoms with Gasteiger partial charge in [-0.3, -0.25) is 0 Å². The minimum absolute atomic E-state index is 0.636. The van der Waals surface area contributed by atoms with Crippen molar-refractivity contribution in [3.05, 3.63) is 176 Å². The first-order valence-electron chi connectivity index (χ1n) is 17.2. The predicted molar refractivity (Wildman–Crippen MR) is 214 cm³/mol. The molecule has 0 saturated carbocycles. The highest BCUT2D eigenvalue weighted by Crippen LogP contribution is 2.38. The number of hydrogen-bond donors (Lipinski definition) is 0. The summed E-state index contributed by atoms with van der Waals surface area (Å²) in [6, 6.07) is 56.9. The number of thiophene rings is 1. The Balaban J connectivity index is 1.10. The van der Waals surface area contributed by atoms with Gasteiger partial charge in [-0.25, -0.2) is 19.9 Å². The van der Waals surface area contributed by atoms with Crippen LogP contribution in [-0.4, -0.2) is 24.3 Å². The molecule has 10 rings (SSSR count). The highest BCUT2D eigenvalue weighted by Gasteiger charge is 2.16. The van der Waals surface area contributed by atoms with E-state index in [-0.39, 0.29) is 0 Å². The third kappa shape index (κ3) is 5.52. The lowest BCUT2D eigenvalue weighted by Gasteiger charge is -2.11. The number of fused-ring (bicyclic) bond motifs is 4. The van der Waals surface area contributed by atoms with Crippen molar-refractivity contribution in [3.8, 4) is 67.7 Å². The first-order valence-corrected chi connectivity index (χ1v) is 18.0. The number of hydrogen-bond acceptors (Lipinski definition) is 5. The molecule has 4 heterocycles. The van der Waals surface area contributed by atoms with Crippen LogP contribution in [0, 0.1) is 0 Å². The Morgan fingerprint density at radius 3 is 1.42 bits per heavy atom. The maximum Gasteiger partial charge on any atom is 0.164 e. The van der Waals surface area contributed by atoms with Gasteiger partial charge < -0.3 is 4.40 Å². The maximum atomic E-state index is 5.12. The molecule has 0 amide bonds. The summed E-state index contributed by atoms with van der Waals surface area (Å²) in [6.45, 7) is 0. The van der Waals surface area contributed by atoms with Gasteiger partial charge in [-0.2, -0.15) is 0 Å². The predicted octanol–water partition coefficient (Wildman–Crippen LogP) is 11.9. The van der Waals surface area contributed by atoms with E-state index in [1.807, 2.05) is 36.5 Å². The number of rotatable bonds is 6. The van der Waals surface area contributed by atoms with Crippen LogP contribution < -0.4 is 0 Å². The average Bonchev–Trinajstić information content (AvgIpc) is 3.83. The highest BCUT2D eigenvalue weighted by atomic mass is 32.1. The third-order valence-corrected chi connectivity index (χ3v) is 10.6. The van der Waals surface area contributed by atoms with Gasteiger partial charge in [0.05, 0.1) is 5.69 Å². The second-order valence-electron chi connectivity index (χ2n) is 12.8. The Hall–Kier alpha value is -6.76. The molecule has 0 spiro atoms. The summed E-state index contributed by atoms with van der Waals surface area (Å²) in [7, 11) is 0. The summed E-state index contributed by atoms with van der Waals surface area (Å²) < 4.78 is 4.46. The van der Waals surface area contributed by atoms with Crippen LogP contribution in [0.15, 0.2) is 176 Å². The van der Waals surface area contributed by atoms with Crippen LogP contribution in [0.3, 0.4) is 0 Å². The van der Waals surface area contributed by atoms with E-state index in [1.165, 1.54) is 20.2 Å². The number of imidazole rings is 1. The fourth-order valence-electron chi connectivity index (χ4n) is 6.85. The monoisotopic (exact) mass is 683 g/mol. The van der Waals surface area contributed by atoms with E-state index in [4.69, 9.17) is 19.9 Å². The lowest BCUT2D eigenvalue weighted by Crippen LogP contribution is -2.00. The summed E-state index contributed by atoms with van der Waals surface area (Å²) in [5.41, 5.74) is 10.3. The number of aromatic nitrogens is 5. The van der Waals surface area contributed by atoms with Gasteiger partial charge in [0.25, 0.3) is 0 Å². The van der Waals surface area contributed by atoms with Crippen LogP contribution in [0.4, 0.5) is 0 Å². The van der Waals surface area contributed by atoms with Gasteiger partial charge in [0.1, 0.15) is 5.65 Å². The Labute approximate surface area is 304 Å². The minimum atomic E-state index is 0.636. The molecular formula is C46H29N5S. The van der Waals surface area contributed by atoms with Gasteiger partial charge in [0.15, 0.2) is 17.5 Å². The number of pyridine rings is 1. The average molecular weight is 684 g/mol. The van der Waals surface area contributed by atoms with E-state index in [1.54, 1.807) is 11.3 Å². The van der Waals surface area contributed by atoms with Crippen molar-refractivity contribution in [2.24, 2.45) is 0 Å². The molecule has 0 aliphatic heterocycles. The summed E-state index contributed by atoms with van der Waals surface area (Å²) in [5, 5.41) is 2.44. The van der Waals surface area contributed by atoms with Crippen molar-refractivity contribution < 1.29 is 0 Å². The normalized spacial score (nSPS) is 11.5. The molecule has 5 nitrogen and oxygen atoms in total. The van der Waals surface area contributed by atoms with Gasteiger partial charge in [0.2, 0.25) is 0 Å². The quantitative estimate of drug-likeness (QED) is 0.175. The number of nitrogens with zero attached hydrogens (tertiary/aromatic N) is 5. The summed E-state index contributed by atoms with van der Waals surface area (Å²) in [6.07, 6.45) is 4.12. The second kappa shape index (κ2) is 12.5. The molecule has 0 aliphatic rings. The van der Waals surface area contributed by atoms with Crippen molar-refractivity contribution in [2.45, 2.75) is 0 Å². The first kappa shape index (κ1) is 30.1. The Kier molecular flexibility index (Phi) is 7.25. The topological polar surface area (TPSA) is 56.0 Å². The van der Waals surface area contributed by atoms with Crippen LogP contribution >= 0.6 is 11.3 Å². The first-order chi connectivity index (χ1) is 25.7. The molecule has 52 heavy (non-hydrogen) atoms. The van der Waals surface area contributed by atoms with Crippen molar-refractivity contribution in [1.82, 2.24) is 24.3 Å². The molecule has 0 radical (unpaired) electrons. The van der Waals surface area contributed by atoms with E-state index >= 15 is 0 Å². The van der Waals surface area contributed by atoms with Crippen molar-refractivity contribution in [1.29, 1.82) is 0 Å². The van der Waals surface area contributed by atoms with Gasteiger partial charge >= 0.3 is 0 Å². The summed E-state index contributed by atoms with van der Waals surface area (Å²) >= 11 is 1.78. The Morgan fingerprint density at radius 1 is 0.365 bits per heavy atom. The van der Waals surface area contributed by atoms with E-state index < -0.39 is 0 Å². The van der Waals surface area contributed by atoms with Crippen LogP contribution in [0.2, 0.25) is 0 Å². The van der Waals surface area contributed by atoms with E-state index in [9.17, 15) is 0 Å². The second-order valence-corrected chi connectivity index (χ2v) is 13.9. The molecule has 244 valence electrons. The molecule has 0 atom stereocenters. The van der Waals surface area contributed by atoms with Gasteiger partial charge in [-0.1, -0.05) is 127 Å². The van der Waals surface area contributed by atoms with E-state index in [2.05, 4.69) is 144 Å². The zero-order valence-corrected chi connectivity index (χ0v) is 28.7. The third-order valence-electron chi connectivity index (χ3n) is 9.48. The molecule has 4 aromatic heterocycles. The van der Waals surface area contributed by atoms with Crippen molar-refractivity contribution in [2.75, 3.05) is 0 Å². The lowest BCUT2D eigenvalue weighted by atomic mass is 10.0. The zero-order chi connectivity index (χ0) is 34.4. The highest BCUT2D eigenvalue weighted by molar-refractivity contribution is 7.25. The largest absolute Gasteiger partial charge is 0.306 e. The van der Waals surface area contributed by atoms with Gasteiger partial charge in [-0.15, -0.1) is 11.3 Å². The van der Waals surface area contributed by atoms with Gasteiger partial charge in [-0.05, 0) is 58.7 Å². The van der Waals surface area contributed by atoms with E-state index in [0.29, 0.717) is 17.5 Å². The number of benzene rings is 6. The van der Waals surface area contributed by atoms with E-state index in [0.717, 1.165) is 55.8 Å². The fraction of sp³-hybridized carbons (Fsp3) is 0. The minimum Gasteiger partial charge on any atom is -0.306 e. The maximum absolute atomic E-state index is 5.12. The van der Waals surface area contributed by atoms with Crippen LogP contribution in [-0.2, 0) is 0 Å². The van der Waals surface area contributed by atoms with Gasteiger partial charge in [0, 0.05) is 54.8 Å². The van der Waals surface area contributed by atoms with Crippen LogP contribution in [0.5, 0.6) is 0 Å². The van der Waals surface area contributed by atoms with Crippen LogP contribution in [0.1, 0.15) is 0 Å². The fourth-order valence-corrected chi connectivity index (χ4v) is 8.03. The molecule has 0 aliphatic carbocycles. The Morgan fingerprint density at radius 2 is 0.846 bits per heavy atom. The van der Waals surface area contributed by atoms with Crippen molar-refractivity contribution >= 4 is 37.2 Å². The molecule has 10 aromatic rings. The Bertz CT molecular complexity index is 2780. The molecule has 0 saturated heterocycles. The summed E-state index contributed by atoms with van der Waals surface area (Å²) in [4.78, 5) is 20.2. The lowest BCUT2D eigenvalue weighted by molar-refractivity contribution is 1.07. The van der Waals surface area contributed by atoms with Crippen molar-refractivity contribution in [3.63, 3.8) is 0 Å². The summed E-state index contributed by atoms with van der Waals surface area (Å²) in [5.74, 6) is 1.91. The molecular weight excluding hydrogens is 655 g/mol. The molecule has 0 bridgehead atoms. The molecule has 6 heteroatoms. The standard InChI is InChI=1S/C46H29N5S/c1-3-11-30(12-4-1)32-15-9-17-35(25-32)44-48-45(36-18-10-16-33(26-36)31-13-5-2-6-14-31)50-46(49-44)37-21-23-39-38-22-20-34(27-41(38)52-42(39)28-37)40-29-51-24-8-7-19-43(51)47-40/h1-29H. The zero-order valence-electron chi connectivity index (χ0n) is 27.9. The smallest absolute Gasteiger partial charge is 0.164 e. The SMILES string of the molecule is c1ccc(-c2cccc(-c3nc(-c4cccc(-c5ccccc5)c4)nc(-c4ccc5c(c4)sc4cc(-c6cn7ccccc7n6)ccc45)n3)c2)cc1. The molecule has 0 N–H and O–H groups in total.